The lowest BCUT2D eigenvalue weighted by atomic mass is 9.55. The van der Waals surface area contributed by atoms with Gasteiger partial charge in [-0.25, -0.2) is 0 Å². The molecule has 0 amide bonds. The van der Waals surface area contributed by atoms with Crippen molar-refractivity contribution in [2.45, 2.75) is 338 Å². The Labute approximate surface area is 477 Å². The van der Waals surface area contributed by atoms with Gasteiger partial charge in [0.1, 0.15) is 0 Å². The molecule has 0 nitrogen and oxygen atoms in total. The Morgan fingerprint density at radius 3 is 1.75 bits per heavy atom. The van der Waals surface area contributed by atoms with E-state index in [2.05, 4.69) is 132 Å². The lowest BCUT2D eigenvalue weighted by Gasteiger charge is -2.51. The highest BCUT2D eigenvalue weighted by atomic mass is 14.5. The molecule has 5 fully saturated rings. The zero-order valence-corrected chi connectivity index (χ0v) is 56.0. The highest BCUT2D eigenvalue weighted by Crippen LogP contribution is 2.54. The van der Waals surface area contributed by atoms with Crippen LogP contribution in [0.4, 0.5) is 0 Å². The zero-order valence-electron chi connectivity index (χ0n) is 56.0. The molecule has 0 aromatic rings. The van der Waals surface area contributed by atoms with E-state index in [-0.39, 0.29) is 0 Å². The summed E-state index contributed by atoms with van der Waals surface area (Å²) in [5, 5.41) is 0. The first-order valence-corrected chi connectivity index (χ1v) is 35.6. The molecule has 5 aliphatic carbocycles. The van der Waals surface area contributed by atoms with Crippen LogP contribution in [0.3, 0.4) is 0 Å². The third kappa shape index (κ3) is 23.4. The fraction of sp³-hybridized carbons (Fsp3) is 1.00. The first kappa shape index (κ1) is 69.3. The quantitative estimate of drug-likeness (QED) is 0.0629. The van der Waals surface area contributed by atoms with Gasteiger partial charge >= 0.3 is 0 Å². The first-order chi connectivity index (χ1) is 35.6. The molecule has 0 heteroatoms. The summed E-state index contributed by atoms with van der Waals surface area (Å²) in [4.78, 5) is 0. The third-order valence-corrected chi connectivity index (χ3v) is 24.5. The van der Waals surface area contributed by atoms with Gasteiger partial charge in [-0.1, -0.05) is 229 Å². The van der Waals surface area contributed by atoms with Gasteiger partial charge in [-0.3, -0.25) is 0 Å². The van der Waals surface area contributed by atoms with Gasteiger partial charge in [-0.2, -0.15) is 0 Å². The van der Waals surface area contributed by atoms with Crippen LogP contribution in [0.5, 0.6) is 0 Å². The molecule has 0 spiro atoms. The molecular formula is C75H146. The molecule has 446 valence electrons. The molecule has 0 saturated heterocycles. The van der Waals surface area contributed by atoms with Gasteiger partial charge in [-0.05, 0) is 251 Å². The summed E-state index contributed by atoms with van der Waals surface area (Å²) in [5.74, 6) is 21.6. The normalized spacial score (nSPS) is 33.2. The molecule has 5 rings (SSSR count). The lowest BCUT2D eigenvalue weighted by Crippen LogP contribution is -2.43. The Kier molecular flexibility index (Phi) is 33.0. The predicted molar refractivity (Wildman–Crippen MR) is 340 cm³/mol. The second-order valence-corrected chi connectivity index (χ2v) is 31.6. The van der Waals surface area contributed by atoms with Gasteiger partial charge in [0, 0.05) is 0 Å². The summed E-state index contributed by atoms with van der Waals surface area (Å²) in [6, 6.07) is 0. The average molecular weight is 1050 g/mol. The van der Waals surface area contributed by atoms with Crippen LogP contribution in [0, 0.1) is 142 Å². The van der Waals surface area contributed by atoms with E-state index >= 15 is 0 Å². The van der Waals surface area contributed by atoms with Gasteiger partial charge in [0.05, 0.1) is 0 Å². The van der Waals surface area contributed by atoms with Gasteiger partial charge in [0.15, 0.2) is 0 Å². The van der Waals surface area contributed by atoms with Crippen LogP contribution in [0.25, 0.3) is 0 Å². The summed E-state index contributed by atoms with van der Waals surface area (Å²) < 4.78 is 0. The van der Waals surface area contributed by atoms with Crippen LogP contribution in [-0.4, -0.2) is 0 Å². The molecule has 75 heavy (non-hydrogen) atoms. The molecule has 0 radical (unpaired) electrons. The smallest absolute Gasteiger partial charge is 0.0326 e. The van der Waals surface area contributed by atoms with Gasteiger partial charge in [-0.15, -0.1) is 0 Å². The van der Waals surface area contributed by atoms with Crippen molar-refractivity contribution in [2.75, 3.05) is 0 Å². The average Bonchev–Trinajstić information content (AvgIpc) is 3.99. The molecule has 5 aliphatic rings. The van der Waals surface area contributed by atoms with Crippen molar-refractivity contribution in [1.82, 2.24) is 0 Å². The summed E-state index contributed by atoms with van der Waals surface area (Å²) >= 11 is 0. The Morgan fingerprint density at radius 1 is 0.493 bits per heavy atom. The highest BCUT2D eigenvalue weighted by molar-refractivity contribution is 4.95. The van der Waals surface area contributed by atoms with Crippen molar-refractivity contribution >= 4 is 0 Å². The summed E-state index contributed by atoms with van der Waals surface area (Å²) in [6.07, 6.45) is 44.6. The van der Waals surface area contributed by atoms with Crippen molar-refractivity contribution in [3.63, 3.8) is 0 Å². The summed E-state index contributed by atoms with van der Waals surface area (Å²) in [6.45, 7) is 52.2. The van der Waals surface area contributed by atoms with Crippen LogP contribution in [0.15, 0.2) is 0 Å². The van der Waals surface area contributed by atoms with Gasteiger partial charge in [0.2, 0.25) is 0 Å². The maximum atomic E-state index is 2.71. The van der Waals surface area contributed by atoms with E-state index in [1.165, 1.54) is 180 Å². The second kappa shape index (κ2) is 35.8. The van der Waals surface area contributed by atoms with E-state index in [1.807, 2.05) is 13.8 Å². The maximum absolute atomic E-state index is 2.71. The second-order valence-electron chi connectivity index (χ2n) is 31.6. The Hall–Kier alpha value is 0. The SMILES string of the molecule is CC.CCC(C)CC(C)C(C)CC(CC(C)CC1CCC(CC(C)C(C)C)C1)CC1CCC(C(C)CCC(C)(C)C2CCCC(CCC(C)C3CCCC(C(C)C4CC(CC)C4CC(C)C)CC3C)C2)C1.CCCC. The molecule has 21 atom stereocenters. The van der Waals surface area contributed by atoms with E-state index < -0.39 is 0 Å². The molecule has 0 aromatic carbocycles. The molecular weight excluding hydrogens is 901 g/mol. The lowest BCUT2D eigenvalue weighted by molar-refractivity contribution is -0.0134. The number of unbranched alkanes of at least 4 members (excludes halogenated alkanes) is 1. The van der Waals surface area contributed by atoms with Crippen molar-refractivity contribution in [1.29, 1.82) is 0 Å². The fourth-order valence-corrected chi connectivity index (χ4v) is 18.2. The highest BCUT2D eigenvalue weighted by Gasteiger charge is 2.45. The molecule has 21 unspecified atom stereocenters. The third-order valence-electron chi connectivity index (χ3n) is 24.5. The van der Waals surface area contributed by atoms with Crippen LogP contribution in [0.2, 0.25) is 0 Å². The van der Waals surface area contributed by atoms with Crippen LogP contribution < -0.4 is 0 Å². The largest absolute Gasteiger partial charge is 0.0683 e. The van der Waals surface area contributed by atoms with E-state index in [9.17, 15) is 0 Å². The minimum absolute atomic E-state index is 0.499. The van der Waals surface area contributed by atoms with Crippen molar-refractivity contribution in [3.8, 4) is 0 Å². The molecule has 0 aliphatic heterocycles. The Bertz CT molecular complexity index is 1400. The molecule has 0 aromatic heterocycles. The van der Waals surface area contributed by atoms with Crippen LogP contribution in [-0.2, 0) is 0 Å². The van der Waals surface area contributed by atoms with Gasteiger partial charge in [0.25, 0.3) is 0 Å². The van der Waals surface area contributed by atoms with Crippen molar-refractivity contribution in [2.24, 2.45) is 142 Å². The Balaban J connectivity index is 0.00000235. The minimum atomic E-state index is 0.499. The van der Waals surface area contributed by atoms with E-state index in [0.29, 0.717) is 5.41 Å². The summed E-state index contributed by atoms with van der Waals surface area (Å²) in [7, 11) is 0. The van der Waals surface area contributed by atoms with Crippen molar-refractivity contribution < 1.29 is 0 Å². The Morgan fingerprint density at radius 2 is 1.12 bits per heavy atom. The maximum Gasteiger partial charge on any atom is -0.0326 e. The molecule has 0 bridgehead atoms. The standard InChI is InChI=1S/C69H130.C4H10.C2H6/c1-18-48(7)35-53(12)54(13)39-61(37-49(8)36-58-28-29-59(41-58)38-52(11)47(5)6)42-60-30-31-63(43-60)50(9)32-33-69(16,17)65-24-20-22-57(44-65)27-26-51(10)66-25-21-23-64(40-55(66)14)56(15)67-45-62(19-2)68(67)34-46(3)4;1-3-4-2;1-2/h46-68H,18-45H2,1-17H3;3-4H2,1-2H3;1-2H3. The topological polar surface area (TPSA) is 0 Å². The minimum Gasteiger partial charge on any atom is -0.0683 e. The fourth-order valence-electron chi connectivity index (χ4n) is 18.2. The number of hydrogen-bond acceptors (Lipinski definition) is 0. The molecule has 0 N–H and O–H groups in total. The van der Waals surface area contributed by atoms with E-state index in [1.54, 1.807) is 12.8 Å². The molecule has 5 saturated carbocycles. The van der Waals surface area contributed by atoms with Crippen LogP contribution >= 0.6 is 0 Å². The zero-order chi connectivity index (χ0) is 56.0. The van der Waals surface area contributed by atoms with Crippen molar-refractivity contribution in [3.05, 3.63) is 0 Å². The van der Waals surface area contributed by atoms with Gasteiger partial charge < -0.3 is 0 Å². The summed E-state index contributed by atoms with van der Waals surface area (Å²) in [5.41, 5.74) is 0.499. The van der Waals surface area contributed by atoms with Crippen LogP contribution in [0.1, 0.15) is 338 Å². The number of rotatable bonds is 30. The van der Waals surface area contributed by atoms with E-state index in [4.69, 9.17) is 0 Å². The monoisotopic (exact) mass is 1050 g/mol. The first-order valence-electron chi connectivity index (χ1n) is 35.6. The van der Waals surface area contributed by atoms with E-state index in [0.717, 1.165) is 136 Å². The predicted octanol–water partition coefficient (Wildman–Crippen LogP) is 25.3. The molecule has 0 heterocycles. The number of hydrogen-bond donors (Lipinski definition) is 0.